The molecule has 0 aliphatic rings. The van der Waals surface area contributed by atoms with Gasteiger partial charge in [0.25, 0.3) is 0 Å². The van der Waals surface area contributed by atoms with E-state index in [-0.39, 0.29) is 5.82 Å². The summed E-state index contributed by atoms with van der Waals surface area (Å²) < 4.78 is 14.6. The van der Waals surface area contributed by atoms with Gasteiger partial charge in [0.15, 0.2) is 0 Å². The summed E-state index contributed by atoms with van der Waals surface area (Å²) in [6.07, 6.45) is 1.66. The van der Waals surface area contributed by atoms with Gasteiger partial charge >= 0.3 is 0 Å². The molecule has 0 aliphatic carbocycles. The van der Waals surface area contributed by atoms with Crippen LogP contribution in [0.25, 0.3) is 39.5 Å². The van der Waals surface area contributed by atoms with Gasteiger partial charge in [-0.2, -0.15) is 0 Å². The number of benzene rings is 3. The van der Waals surface area contributed by atoms with Crippen LogP contribution in [-0.2, 0) is 0 Å². The van der Waals surface area contributed by atoms with Crippen molar-refractivity contribution < 1.29 is 4.39 Å². The van der Waals surface area contributed by atoms with Crippen molar-refractivity contribution in [1.29, 1.82) is 0 Å². The Morgan fingerprint density at radius 1 is 0.700 bits per heavy atom. The third-order valence-electron chi connectivity index (χ3n) is 4.74. The first kappa shape index (κ1) is 17.9. The molecule has 0 aliphatic heterocycles. The molecule has 144 valence electrons. The van der Waals surface area contributed by atoms with Gasteiger partial charge < -0.3 is 0 Å². The van der Waals surface area contributed by atoms with Crippen molar-refractivity contribution in [3.8, 4) is 39.5 Å². The van der Waals surface area contributed by atoms with Crippen LogP contribution in [-0.4, -0.2) is 25.2 Å². The lowest BCUT2D eigenvalue weighted by atomic mass is 9.94. The standard InChI is InChI=1S/C24H16FN5/c25-19-14-18(22-11-5-4-10-21(22)17-8-2-1-3-9-17)15-20(16-19)30-28-24(27-29-30)23-12-6-7-13-26-23/h1-16H. The van der Waals surface area contributed by atoms with Gasteiger partial charge in [-0.25, -0.2) is 4.39 Å². The zero-order valence-corrected chi connectivity index (χ0v) is 15.9. The minimum Gasteiger partial charge on any atom is -0.253 e. The number of pyridine rings is 1. The van der Waals surface area contributed by atoms with Gasteiger partial charge in [0.1, 0.15) is 11.5 Å². The Bertz CT molecular complexity index is 1300. The normalized spacial score (nSPS) is 10.8. The van der Waals surface area contributed by atoms with Crippen LogP contribution in [0.15, 0.2) is 97.2 Å². The monoisotopic (exact) mass is 393 g/mol. The minimum atomic E-state index is -0.373. The zero-order chi connectivity index (χ0) is 20.3. The summed E-state index contributed by atoms with van der Waals surface area (Å²) in [6.45, 7) is 0. The molecule has 2 aromatic heterocycles. The molecule has 0 saturated carbocycles. The van der Waals surface area contributed by atoms with Crippen molar-refractivity contribution in [2.45, 2.75) is 0 Å². The average molecular weight is 393 g/mol. The van der Waals surface area contributed by atoms with E-state index < -0.39 is 0 Å². The van der Waals surface area contributed by atoms with Gasteiger partial charge in [0.05, 0.1) is 5.69 Å². The first-order valence-electron chi connectivity index (χ1n) is 9.45. The Balaban J connectivity index is 1.59. The molecule has 0 fully saturated rings. The lowest BCUT2D eigenvalue weighted by Gasteiger charge is -2.11. The number of halogens is 1. The van der Waals surface area contributed by atoms with E-state index in [4.69, 9.17) is 0 Å². The fraction of sp³-hybridized carbons (Fsp3) is 0. The van der Waals surface area contributed by atoms with E-state index in [0.29, 0.717) is 17.2 Å². The molecular formula is C24H16FN5. The molecule has 5 nitrogen and oxygen atoms in total. The molecule has 0 atom stereocenters. The quantitative estimate of drug-likeness (QED) is 0.421. The van der Waals surface area contributed by atoms with Gasteiger partial charge in [0.2, 0.25) is 5.82 Å². The van der Waals surface area contributed by atoms with Crippen LogP contribution in [0, 0.1) is 5.82 Å². The van der Waals surface area contributed by atoms with E-state index in [1.807, 2.05) is 72.8 Å². The van der Waals surface area contributed by atoms with Crippen molar-refractivity contribution in [3.05, 3.63) is 103 Å². The number of aromatic nitrogens is 5. The highest BCUT2D eigenvalue weighted by molar-refractivity contribution is 5.84. The molecule has 6 heteroatoms. The summed E-state index contributed by atoms with van der Waals surface area (Å²) in [7, 11) is 0. The third-order valence-corrected chi connectivity index (χ3v) is 4.74. The zero-order valence-electron chi connectivity index (χ0n) is 15.9. The fourth-order valence-corrected chi connectivity index (χ4v) is 3.37. The number of hydrogen-bond donors (Lipinski definition) is 0. The van der Waals surface area contributed by atoms with Crippen molar-refractivity contribution in [2.75, 3.05) is 0 Å². The van der Waals surface area contributed by atoms with E-state index in [1.165, 1.54) is 16.9 Å². The van der Waals surface area contributed by atoms with Crippen molar-refractivity contribution in [3.63, 3.8) is 0 Å². The Morgan fingerprint density at radius 2 is 1.43 bits per heavy atom. The SMILES string of the molecule is Fc1cc(-c2ccccc2-c2ccccc2)cc(-n2nnc(-c3ccccn3)n2)c1. The van der Waals surface area contributed by atoms with Crippen LogP contribution >= 0.6 is 0 Å². The van der Waals surface area contributed by atoms with Crippen LogP contribution in [0.5, 0.6) is 0 Å². The molecule has 0 bridgehead atoms. The molecule has 5 rings (SSSR count). The largest absolute Gasteiger partial charge is 0.253 e. The molecule has 2 heterocycles. The summed E-state index contributed by atoms with van der Waals surface area (Å²) in [5.41, 5.74) is 4.85. The average Bonchev–Trinajstić information content (AvgIpc) is 3.30. The van der Waals surface area contributed by atoms with Crippen LogP contribution in [0.1, 0.15) is 0 Å². The second kappa shape index (κ2) is 7.67. The highest BCUT2D eigenvalue weighted by atomic mass is 19.1. The molecule has 30 heavy (non-hydrogen) atoms. The van der Waals surface area contributed by atoms with E-state index in [9.17, 15) is 4.39 Å². The van der Waals surface area contributed by atoms with Gasteiger partial charge in [0, 0.05) is 12.3 Å². The molecule has 0 radical (unpaired) electrons. The van der Waals surface area contributed by atoms with Crippen LogP contribution < -0.4 is 0 Å². The maximum atomic E-state index is 14.6. The maximum absolute atomic E-state index is 14.6. The molecule has 0 unspecified atom stereocenters. The molecule has 0 saturated heterocycles. The summed E-state index contributed by atoms with van der Waals surface area (Å²) in [4.78, 5) is 5.55. The Labute approximate surface area is 172 Å². The van der Waals surface area contributed by atoms with Crippen molar-refractivity contribution in [2.24, 2.45) is 0 Å². The molecule has 3 aromatic carbocycles. The summed E-state index contributed by atoms with van der Waals surface area (Å²) >= 11 is 0. The van der Waals surface area contributed by atoms with Crippen molar-refractivity contribution in [1.82, 2.24) is 25.2 Å². The van der Waals surface area contributed by atoms with Gasteiger partial charge in [-0.15, -0.1) is 15.0 Å². The van der Waals surface area contributed by atoms with E-state index in [2.05, 4.69) is 20.4 Å². The lowest BCUT2D eigenvalue weighted by molar-refractivity contribution is 0.621. The minimum absolute atomic E-state index is 0.373. The summed E-state index contributed by atoms with van der Waals surface area (Å²) in [5.74, 6) is 0.00754. The molecule has 0 spiro atoms. The molecule has 0 amide bonds. The van der Waals surface area contributed by atoms with Gasteiger partial charge in [-0.05, 0) is 51.7 Å². The topological polar surface area (TPSA) is 56.5 Å². The summed E-state index contributed by atoms with van der Waals surface area (Å²) in [5, 5.41) is 12.5. The highest BCUT2D eigenvalue weighted by Gasteiger charge is 2.13. The maximum Gasteiger partial charge on any atom is 0.223 e. The van der Waals surface area contributed by atoms with E-state index in [1.54, 1.807) is 12.3 Å². The van der Waals surface area contributed by atoms with Gasteiger partial charge in [-0.1, -0.05) is 60.7 Å². The first-order chi connectivity index (χ1) is 14.8. The Hall–Kier alpha value is -4.19. The van der Waals surface area contributed by atoms with Crippen LogP contribution in [0.4, 0.5) is 4.39 Å². The Kier molecular flexibility index (Phi) is 4.57. The van der Waals surface area contributed by atoms with E-state index >= 15 is 0 Å². The van der Waals surface area contributed by atoms with Gasteiger partial charge in [-0.3, -0.25) is 4.98 Å². The van der Waals surface area contributed by atoms with Crippen LogP contribution in [0.2, 0.25) is 0 Å². The first-order valence-corrected chi connectivity index (χ1v) is 9.45. The summed E-state index contributed by atoms with van der Waals surface area (Å²) in [6, 6.07) is 28.2. The molecule has 5 aromatic rings. The third kappa shape index (κ3) is 3.46. The van der Waals surface area contributed by atoms with E-state index in [0.717, 1.165) is 22.3 Å². The van der Waals surface area contributed by atoms with Crippen molar-refractivity contribution >= 4 is 0 Å². The Morgan fingerprint density at radius 3 is 2.20 bits per heavy atom. The fourth-order valence-electron chi connectivity index (χ4n) is 3.37. The number of tetrazole rings is 1. The predicted octanol–water partition coefficient (Wildman–Crippen LogP) is 5.20. The number of nitrogens with zero attached hydrogens (tertiary/aromatic N) is 5. The highest BCUT2D eigenvalue weighted by Crippen LogP contribution is 2.33. The van der Waals surface area contributed by atoms with Crippen LogP contribution in [0.3, 0.4) is 0 Å². The molecular weight excluding hydrogens is 377 g/mol. The smallest absolute Gasteiger partial charge is 0.223 e. The lowest BCUT2D eigenvalue weighted by Crippen LogP contribution is -2.00. The second-order valence-electron chi connectivity index (χ2n) is 6.73. The second-order valence-corrected chi connectivity index (χ2v) is 6.73. The number of rotatable bonds is 4. The molecule has 0 N–H and O–H groups in total. The number of hydrogen-bond acceptors (Lipinski definition) is 4. The predicted molar refractivity (Wildman–Crippen MR) is 113 cm³/mol.